The SMILES string of the molecule is O=C(NC1CCc2ccccc2C1)c1cccc(I)c1. The highest BCUT2D eigenvalue weighted by Gasteiger charge is 2.20. The molecule has 0 aliphatic heterocycles. The van der Waals surface area contributed by atoms with Crippen molar-refractivity contribution in [2.75, 3.05) is 0 Å². The molecule has 1 N–H and O–H groups in total. The van der Waals surface area contributed by atoms with Gasteiger partial charge >= 0.3 is 0 Å². The Bertz CT molecular complexity index is 638. The number of carbonyl (C=O) groups excluding carboxylic acids is 1. The van der Waals surface area contributed by atoms with Crippen LogP contribution < -0.4 is 5.32 Å². The van der Waals surface area contributed by atoms with E-state index in [9.17, 15) is 4.79 Å². The van der Waals surface area contributed by atoms with Gasteiger partial charge in [0.15, 0.2) is 0 Å². The van der Waals surface area contributed by atoms with Crippen LogP contribution in [0.2, 0.25) is 0 Å². The molecule has 20 heavy (non-hydrogen) atoms. The second-order valence-corrected chi connectivity index (χ2v) is 6.44. The minimum absolute atomic E-state index is 0.0351. The molecule has 1 aliphatic carbocycles. The van der Waals surface area contributed by atoms with Gasteiger partial charge in [-0.25, -0.2) is 0 Å². The first-order valence-electron chi connectivity index (χ1n) is 6.85. The van der Waals surface area contributed by atoms with Gasteiger partial charge in [0.05, 0.1) is 0 Å². The Morgan fingerprint density at radius 1 is 1.10 bits per heavy atom. The van der Waals surface area contributed by atoms with Crippen LogP contribution in [0.5, 0.6) is 0 Å². The number of amides is 1. The van der Waals surface area contributed by atoms with Crippen molar-refractivity contribution < 1.29 is 4.79 Å². The molecule has 0 bridgehead atoms. The molecule has 1 atom stereocenters. The number of rotatable bonds is 2. The normalized spacial score (nSPS) is 17.4. The quantitative estimate of drug-likeness (QED) is 0.797. The standard InChI is InChI=1S/C17H16INO/c18-15-7-3-6-14(10-15)17(20)19-16-9-8-12-4-1-2-5-13(12)11-16/h1-7,10,16H,8-9,11H2,(H,19,20). The molecule has 0 radical (unpaired) electrons. The lowest BCUT2D eigenvalue weighted by molar-refractivity contribution is 0.0933. The second kappa shape index (κ2) is 5.95. The zero-order chi connectivity index (χ0) is 13.9. The predicted molar refractivity (Wildman–Crippen MR) is 88.9 cm³/mol. The fourth-order valence-electron chi connectivity index (χ4n) is 2.72. The van der Waals surface area contributed by atoms with Crippen LogP contribution in [0.4, 0.5) is 0 Å². The second-order valence-electron chi connectivity index (χ2n) is 5.19. The van der Waals surface area contributed by atoms with Gasteiger partial charge in [0.25, 0.3) is 5.91 Å². The Balaban J connectivity index is 1.69. The molecule has 1 amide bonds. The van der Waals surface area contributed by atoms with E-state index in [-0.39, 0.29) is 11.9 Å². The summed E-state index contributed by atoms with van der Waals surface area (Å²) < 4.78 is 1.09. The van der Waals surface area contributed by atoms with Crippen molar-refractivity contribution in [1.29, 1.82) is 0 Å². The lowest BCUT2D eigenvalue weighted by atomic mass is 9.88. The number of aryl methyl sites for hydroxylation is 1. The Morgan fingerprint density at radius 2 is 1.90 bits per heavy atom. The van der Waals surface area contributed by atoms with E-state index in [1.165, 1.54) is 11.1 Å². The predicted octanol–water partition coefficient (Wildman–Crippen LogP) is 3.58. The van der Waals surface area contributed by atoms with Gasteiger partial charge in [0.2, 0.25) is 0 Å². The van der Waals surface area contributed by atoms with Gasteiger partial charge in [-0.15, -0.1) is 0 Å². The van der Waals surface area contributed by atoms with Crippen LogP contribution in [0.25, 0.3) is 0 Å². The highest BCUT2D eigenvalue weighted by Crippen LogP contribution is 2.21. The van der Waals surface area contributed by atoms with Crippen molar-refractivity contribution in [2.45, 2.75) is 25.3 Å². The maximum Gasteiger partial charge on any atom is 0.251 e. The zero-order valence-corrected chi connectivity index (χ0v) is 13.3. The molecular weight excluding hydrogens is 361 g/mol. The molecule has 0 fully saturated rings. The number of nitrogens with one attached hydrogen (secondary N) is 1. The summed E-state index contributed by atoms with van der Waals surface area (Å²) in [6.07, 6.45) is 3.01. The Labute approximate surface area is 132 Å². The molecule has 1 aliphatic rings. The Kier molecular flexibility index (Phi) is 4.05. The van der Waals surface area contributed by atoms with Gasteiger partial charge < -0.3 is 5.32 Å². The van der Waals surface area contributed by atoms with Crippen LogP contribution in [-0.4, -0.2) is 11.9 Å². The van der Waals surface area contributed by atoms with Crippen LogP contribution >= 0.6 is 22.6 Å². The van der Waals surface area contributed by atoms with Crippen LogP contribution in [0, 0.1) is 3.57 Å². The van der Waals surface area contributed by atoms with Crippen LogP contribution in [0.15, 0.2) is 48.5 Å². The monoisotopic (exact) mass is 377 g/mol. The van der Waals surface area contributed by atoms with Gasteiger partial charge in [-0.3, -0.25) is 4.79 Å². The molecule has 0 heterocycles. The highest BCUT2D eigenvalue weighted by molar-refractivity contribution is 14.1. The number of benzene rings is 2. The van der Waals surface area contributed by atoms with Crippen molar-refractivity contribution in [3.63, 3.8) is 0 Å². The number of hydrogen-bond donors (Lipinski definition) is 1. The van der Waals surface area contributed by atoms with Crippen LogP contribution in [0.3, 0.4) is 0 Å². The zero-order valence-electron chi connectivity index (χ0n) is 11.1. The molecular formula is C17H16INO. The largest absolute Gasteiger partial charge is 0.349 e. The van der Waals surface area contributed by atoms with Gasteiger partial charge in [0.1, 0.15) is 0 Å². The molecule has 0 spiro atoms. The van der Waals surface area contributed by atoms with E-state index in [1.54, 1.807) is 0 Å². The summed E-state index contributed by atoms with van der Waals surface area (Å²) in [5, 5.41) is 3.16. The minimum atomic E-state index is 0.0351. The topological polar surface area (TPSA) is 29.1 Å². The summed E-state index contributed by atoms with van der Waals surface area (Å²) in [5.74, 6) is 0.0351. The van der Waals surface area contributed by atoms with Gasteiger partial charge in [-0.05, 0) is 71.2 Å². The molecule has 0 saturated heterocycles. The number of hydrogen-bond acceptors (Lipinski definition) is 1. The molecule has 3 rings (SSSR count). The van der Waals surface area contributed by atoms with E-state index in [4.69, 9.17) is 0 Å². The Hall–Kier alpha value is -1.36. The summed E-state index contributed by atoms with van der Waals surface area (Å²) in [7, 11) is 0. The molecule has 102 valence electrons. The van der Waals surface area contributed by atoms with Crippen molar-refractivity contribution >= 4 is 28.5 Å². The summed E-state index contributed by atoms with van der Waals surface area (Å²) in [4.78, 5) is 12.3. The van der Waals surface area contributed by atoms with Crippen molar-refractivity contribution in [1.82, 2.24) is 5.32 Å². The first kappa shape index (κ1) is 13.6. The molecule has 0 saturated carbocycles. The average molecular weight is 377 g/mol. The lowest BCUT2D eigenvalue weighted by Gasteiger charge is -2.25. The molecule has 3 heteroatoms. The van der Waals surface area contributed by atoms with Crippen molar-refractivity contribution in [3.8, 4) is 0 Å². The number of fused-ring (bicyclic) bond motifs is 1. The summed E-state index contributed by atoms with van der Waals surface area (Å²) in [6.45, 7) is 0. The fourth-order valence-corrected chi connectivity index (χ4v) is 3.26. The third-order valence-electron chi connectivity index (χ3n) is 3.77. The van der Waals surface area contributed by atoms with Gasteiger partial charge in [-0.1, -0.05) is 30.3 Å². The highest BCUT2D eigenvalue weighted by atomic mass is 127. The third kappa shape index (κ3) is 3.03. The number of carbonyl (C=O) groups is 1. The first-order valence-corrected chi connectivity index (χ1v) is 7.93. The van der Waals surface area contributed by atoms with Gasteiger partial charge in [-0.2, -0.15) is 0 Å². The maximum absolute atomic E-state index is 12.3. The number of halogens is 1. The van der Waals surface area contributed by atoms with Crippen LogP contribution in [0.1, 0.15) is 27.9 Å². The maximum atomic E-state index is 12.3. The minimum Gasteiger partial charge on any atom is -0.349 e. The summed E-state index contributed by atoms with van der Waals surface area (Å²) in [5.41, 5.74) is 3.54. The Morgan fingerprint density at radius 3 is 2.70 bits per heavy atom. The fraction of sp³-hybridized carbons (Fsp3) is 0.235. The summed E-state index contributed by atoms with van der Waals surface area (Å²) >= 11 is 2.23. The molecule has 2 nitrogen and oxygen atoms in total. The summed E-state index contributed by atoms with van der Waals surface area (Å²) in [6, 6.07) is 16.5. The van der Waals surface area contributed by atoms with E-state index >= 15 is 0 Å². The smallest absolute Gasteiger partial charge is 0.251 e. The lowest BCUT2D eigenvalue weighted by Crippen LogP contribution is -2.38. The van der Waals surface area contributed by atoms with E-state index in [0.717, 1.165) is 28.4 Å². The molecule has 0 aromatic heterocycles. The first-order chi connectivity index (χ1) is 9.72. The van der Waals surface area contributed by atoms with Crippen molar-refractivity contribution in [3.05, 3.63) is 68.8 Å². The van der Waals surface area contributed by atoms with E-state index in [1.807, 2.05) is 24.3 Å². The molecule has 2 aromatic carbocycles. The molecule has 2 aromatic rings. The van der Waals surface area contributed by atoms with E-state index < -0.39 is 0 Å². The van der Waals surface area contributed by atoms with Gasteiger partial charge in [0, 0.05) is 15.2 Å². The van der Waals surface area contributed by atoms with E-state index in [0.29, 0.717) is 0 Å². The van der Waals surface area contributed by atoms with E-state index in [2.05, 4.69) is 52.2 Å². The molecule has 1 unspecified atom stereocenters. The average Bonchev–Trinajstić information content (AvgIpc) is 2.47. The van der Waals surface area contributed by atoms with Crippen LogP contribution in [-0.2, 0) is 12.8 Å². The van der Waals surface area contributed by atoms with Crippen molar-refractivity contribution in [2.24, 2.45) is 0 Å². The third-order valence-corrected chi connectivity index (χ3v) is 4.44.